The van der Waals surface area contributed by atoms with Crippen LogP contribution in [0, 0.1) is 5.41 Å². The highest BCUT2D eigenvalue weighted by atomic mass is 16.5. The van der Waals surface area contributed by atoms with Crippen molar-refractivity contribution < 1.29 is 19.1 Å². The number of hydrogen-bond donors (Lipinski definition) is 1. The Morgan fingerprint density at radius 2 is 2.04 bits per heavy atom. The zero-order valence-electron chi connectivity index (χ0n) is 16.0. The van der Waals surface area contributed by atoms with Crippen LogP contribution in [0.1, 0.15) is 38.7 Å². The van der Waals surface area contributed by atoms with E-state index < -0.39 is 11.6 Å². The third-order valence-corrected chi connectivity index (χ3v) is 5.84. The Hall–Kier alpha value is -3.09. The Morgan fingerprint density at radius 1 is 1.21 bits per heavy atom. The first-order valence-corrected chi connectivity index (χ1v) is 9.35. The van der Waals surface area contributed by atoms with E-state index in [2.05, 4.69) is 17.2 Å². The highest BCUT2D eigenvalue weighted by molar-refractivity contribution is 6.22. The topological polar surface area (TPSA) is 80.8 Å². The number of aromatic nitrogens is 1. The lowest BCUT2D eigenvalue weighted by Crippen LogP contribution is -2.40. The van der Waals surface area contributed by atoms with E-state index in [-0.39, 0.29) is 11.3 Å². The van der Waals surface area contributed by atoms with Gasteiger partial charge < -0.3 is 14.8 Å². The molecule has 1 saturated heterocycles. The quantitative estimate of drug-likeness (QED) is 0.824. The van der Waals surface area contributed by atoms with Crippen LogP contribution in [-0.4, -0.2) is 29.1 Å². The van der Waals surface area contributed by atoms with Crippen molar-refractivity contribution in [3.05, 3.63) is 42.1 Å². The largest absolute Gasteiger partial charge is 0.493 e. The molecule has 3 aliphatic rings. The number of nitrogens with zero attached hydrogens (tertiary/aromatic N) is 2. The van der Waals surface area contributed by atoms with Crippen LogP contribution in [0.5, 0.6) is 17.4 Å². The van der Waals surface area contributed by atoms with Gasteiger partial charge in [0.1, 0.15) is 17.0 Å². The summed E-state index contributed by atoms with van der Waals surface area (Å²) in [5, 5.41) is 2.66. The zero-order chi connectivity index (χ0) is 19.7. The smallest absolute Gasteiger partial charge is 0.329 e. The maximum Gasteiger partial charge on any atom is 0.329 e. The van der Waals surface area contributed by atoms with Crippen molar-refractivity contribution in [2.75, 3.05) is 11.5 Å². The van der Waals surface area contributed by atoms with Gasteiger partial charge in [0.15, 0.2) is 0 Å². The molecule has 1 aromatic carbocycles. The fourth-order valence-corrected chi connectivity index (χ4v) is 4.00. The third-order valence-electron chi connectivity index (χ3n) is 5.84. The van der Waals surface area contributed by atoms with Gasteiger partial charge in [-0.15, -0.1) is 0 Å². The summed E-state index contributed by atoms with van der Waals surface area (Å²) in [6.07, 6.45) is 2.57. The van der Waals surface area contributed by atoms with Crippen LogP contribution >= 0.6 is 0 Å². The Bertz CT molecular complexity index is 1000. The van der Waals surface area contributed by atoms with E-state index in [1.807, 2.05) is 18.2 Å². The highest BCUT2D eigenvalue weighted by Crippen LogP contribution is 2.65. The minimum absolute atomic E-state index is 0.194. The van der Waals surface area contributed by atoms with Gasteiger partial charge in [0.2, 0.25) is 5.88 Å². The lowest BCUT2D eigenvalue weighted by Gasteiger charge is -2.24. The number of nitrogens with one attached hydrogen (secondary N) is 1. The van der Waals surface area contributed by atoms with Crippen molar-refractivity contribution in [1.29, 1.82) is 0 Å². The van der Waals surface area contributed by atoms with Crippen LogP contribution in [-0.2, 0) is 4.79 Å². The molecule has 0 radical (unpaired) electrons. The van der Waals surface area contributed by atoms with Gasteiger partial charge in [0.25, 0.3) is 5.91 Å². The van der Waals surface area contributed by atoms with Gasteiger partial charge in [-0.05, 0) is 38.5 Å². The average Bonchev–Trinajstić information content (AvgIpc) is 3.29. The standard InChI is InChI=1S/C21H21N3O4/c1-20(2)18(25)24(19(26)23-20)12-7-8-16(22-10-12)28-15-6-4-5-14-17(15)13-9-21(13,3)11-27-14/h4-8,10,13H,9,11H2,1-3H3,(H,23,26)/t13?,21-/m1/s1. The van der Waals surface area contributed by atoms with Gasteiger partial charge in [0.05, 0.1) is 18.5 Å². The van der Waals surface area contributed by atoms with Crippen LogP contribution < -0.4 is 19.7 Å². The molecule has 3 heterocycles. The second-order valence-electron chi connectivity index (χ2n) is 8.52. The zero-order valence-corrected chi connectivity index (χ0v) is 16.0. The van der Waals surface area contributed by atoms with Crippen molar-refractivity contribution in [1.82, 2.24) is 10.3 Å². The number of ether oxygens (including phenoxy) is 2. The molecule has 3 amide bonds. The predicted molar refractivity (Wildman–Crippen MR) is 102 cm³/mol. The van der Waals surface area contributed by atoms with Gasteiger partial charge in [-0.25, -0.2) is 14.7 Å². The van der Waals surface area contributed by atoms with Gasteiger partial charge in [-0.1, -0.05) is 13.0 Å². The van der Waals surface area contributed by atoms with Gasteiger partial charge in [0, 0.05) is 23.0 Å². The summed E-state index contributed by atoms with van der Waals surface area (Å²) >= 11 is 0. The van der Waals surface area contributed by atoms with Crippen LogP contribution in [0.4, 0.5) is 10.5 Å². The number of fused-ring (bicyclic) bond motifs is 3. The molecular formula is C21H21N3O4. The number of benzene rings is 1. The van der Waals surface area contributed by atoms with Crippen LogP contribution in [0.2, 0.25) is 0 Å². The number of hydrogen-bond acceptors (Lipinski definition) is 5. The molecule has 1 aromatic heterocycles. The van der Waals surface area contributed by atoms with E-state index in [0.29, 0.717) is 17.5 Å². The number of pyridine rings is 1. The first kappa shape index (κ1) is 17.0. The average molecular weight is 379 g/mol. The molecule has 1 aliphatic carbocycles. The second kappa shape index (κ2) is 5.47. The number of rotatable bonds is 3. The summed E-state index contributed by atoms with van der Waals surface area (Å²) < 4.78 is 11.9. The van der Waals surface area contributed by atoms with Crippen molar-refractivity contribution in [3.8, 4) is 17.4 Å². The SMILES string of the molecule is CC1(C)NC(=O)N(c2ccc(Oc3cccc4c3C3C[C@]3(C)CO4)nc2)C1=O. The number of anilines is 1. The fraction of sp³-hybridized carbons (Fsp3) is 0.381. The number of imide groups is 1. The highest BCUT2D eigenvalue weighted by Gasteiger charge is 2.56. The summed E-state index contributed by atoms with van der Waals surface area (Å²) in [4.78, 5) is 29.9. The molecule has 28 heavy (non-hydrogen) atoms. The molecule has 2 fully saturated rings. The van der Waals surface area contributed by atoms with Crippen molar-refractivity contribution in [2.24, 2.45) is 5.41 Å². The van der Waals surface area contributed by atoms with E-state index in [4.69, 9.17) is 9.47 Å². The Kier molecular flexibility index (Phi) is 3.33. The normalized spacial score (nSPS) is 26.8. The number of carbonyl (C=O) groups excluding carboxylic acids is 2. The Morgan fingerprint density at radius 3 is 2.71 bits per heavy atom. The van der Waals surface area contributed by atoms with Crippen molar-refractivity contribution in [2.45, 2.75) is 38.6 Å². The molecule has 144 valence electrons. The number of urea groups is 1. The predicted octanol–water partition coefficient (Wildman–Crippen LogP) is 3.59. The van der Waals surface area contributed by atoms with Crippen LogP contribution in [0.15, 0.2) is 36.5 Å². The summed E-state index contributed by atoms with van der Waals surface area (Å²) in [6.45, 7) is 6.31. The molecule has 1 unspecified atom stereocenters. The molecule has 2 aromatic rings. The fourth-order valence-electron chi connectivity index (χ4n) is 4.00. The van der Waals surface area contributed by atoms with E-state index in [1.165, 1.54) is 6.20 Å². The second-order valence-corrected chi connectivity index (χ2v) is 8.52. The van der Waals surface area contributed by atoms with Gasteiger partial charge in [-0.2, -0.15) is 0 Å². The maximum atomic E-state index is 12.4. The number of carbonyl (C=O) groups is 2. The molecule has 7 heteroatoms. The van der Waals surface area contributed by atoms with Gasteiger partial charge in [-0.3, -0.25) is 4.79 Å². The van der Waals surface area contributed by atoms with Crippen molar-refractivity contribution >= 4 is 17.6 Å². The Balaban J connectivity index is 1.40. The minimum Gasteiger partial charge on any atom is -0.493 e. The minimum atomic E-state index is -0.924. The summed E-state index contributed by atoms with van der Waals surface area (Å²) in [5.41, 5.74) is 0.776. The summed E-state index contributed by atoms with van der Waals surface area (Å²) in [6, 6.07) is 8.67. The number of amides is 3. The Labute approximate surface area is 162 Å². The van der Waals surface area contributed by atoms with Gasteiger partial charge >= 0.3 is 6.03 Å². The molecule has 1 saturated carbocycles. The molecule has 5 rings (SSSR count). The summed E-state index contributed by atoms with van der Waals surface area (Å²) in [5.74, 6) is 2.14. The molecule has 2 aliphatic heterocycles. The lowest BCUT2D eigenvalue weighted by molar-refractivity contribution is -0.121. The lowest BCUT2D eigenvalue weighted by atomic mass is 9.97. The van der Waals surface area contributed by atoms with Crippen molar-refractivity contribution in [3.63, 3.8) is 0 Å². The van der Waals surface area contributed by atoms with E-state index >= 15 is 0 Å². The maximum absolute atomic E-state index is 12.4. The van der Waals surface area contributed by atoms with E-state index in [0.717, 1.165) is 35.0 Å². The monoisotopic (exact) mass is 379 g/mol. The summed E-state index contributed by atoms with van der Waals surface area (Å²) in [7, 11) is 0. The van der Waals surface area contributed by atoms with Crippen LogP contribution in [0.3, 0.4) is 0 Å². The molecular weight excluding hydrogens is 358 g/mol. The molecule has 0 bridgehead atoms. The first-order chi connectivity index (χ1) is 13.3. The molecule has 0 spiro atoms. The van der Waals surface area contributed by atoms with Crippen LogP contribution in [0.25, 0.3) is 0 Å². The van der Waals surface area contributed by atoms with E-state index in [9.17, 15) is 9.59 Å². The first-order valence-electron chi connectivity index (χ1n) is 9.35. The van der Waals surface area contributed by atoms with E-state index in [1.54, 1.807) is 26.0 Å². The molecule has 2 atom stereocenters. The third kappa shape index (κ3) is 2.46. The molecule has 7 nitrogen and oxygen atoms in total. The molecule has 1 N–H and O–H groups in total.